The van der Waals surface area contributed by atoms with Gasteiger partial charge in [-0.3, -0.25) is 9.67 Å². The third-order valence-electron chi connectivity index (χ3n) is 4.15. The Hall–Kier alpha value is -3.46. The van der Waals surface area contributed by atoms with Gasteiger partial charge >= 0.3 is 0 Å². The van der Waals surface area contributed by atoms with E-state index in [1.165, 1.54) is 11.8 Å². The Morgan fingerprint density at radius 2 is 1.93 bits per heavy atom. The molecule has 0 saturated carbocycles. The number of anilines is 1. The van der Waals surface area contributed by atoms with Crippen LogP contribution in [0.25, 0.3) is 27.7 Å². The van der Waals surface area contributed by atoms with E-state index < -0.39 is 0 Å². The molecule has 27 heavy (non-hydrogen) atoms. The summed E-state index contributed by atoms with van der Waals surface area (Å²) >= 11 is 1.48. The molecular formula is C18H14N8S. The van der Waals surface area contributed by atoms with Crippen LogP contribution in [-0.2, 0) is 7.05 Å². The van der Waals surface area contributed by atoms with Crippen LogP contribution in [0.15, 0.2) is 65.0 Å². The fourth-order valence-corrected chi connectivity index (χ4v) is 3.69. The van der Waals surface area contributed by atoms with Crippen molar-refractivity contribution in [2.45, 2.75) is 10.1 Å². The first-order valence-electron chi connectivity index (χ1n) is 8.20. The number of benzene rings is 1. The Morgan fingerprint density at radius 1 is 1.00 bits per heavy atom. The van der Waals surface area contributed by atoms with Crippen LogP contribution in [0.2, 0.25) is 0 Å². The zero-order chi connectivity index (χ0) is 18.4. The quantitative estimate of drug-likeness (QED) is 0.518. The zero-order valence-electron chi connectivity index (χ0n) is 14.3. The third kappa shape index (κ3) is 2.87. The molecule has 0 aliphatic heterocycles. The molecule has 0 amide bonds. The van der Waals surface area contributed by atoms with Crippen molar-refractivity contribution in [3.05, 3.63) is 55.0 Å². The monoisotopic (exact) mass is 374 g/mol. The fourth-order valence-electron chi connectivity index (χ4n) is 2.85. The molecule has 5 rings (SSSR count). The minimum Gasteiger partial charge on any atom is -0.382 e. The van der Waals surface area contributed by atoms with Crippen LogP contribution < -0.4 is 5.73 Å². The molecule has 9 heteroatoms. The number of nitrogens with two attached hydrogens (primary N) is 1. The molecule has 4 aromatic heterocycles. The van der Waals surface area contributed by atoms with Gasteiger partial charge in [0.2, 0.25) is 5.16 Å². The highest BCUT2D eigenvalue weighted by Gasteiger charge is 2.10. The lowest BCUT2D eigenvalue weighted by Crippen LogP contribution is -1.98. The summed E-state index contributed by atoms with van der Waals surface area (Å²) in [5, 5.41) is 18.5. The van der Waals surface area contributed by atoms with Crippen molar-refractivity contribution in [3.8, 4) is 11.1 Å². The van der Waals surface area contributed by atoms with Gasteiger partial charge in [0.15, 0.2) is 5.65 Å². The maximum absolute atomic E-state index is 5.78. The molecular weight excluding hydrogens is 360 g/mol. The second-order valence-electron chi connectivity index (χ2n) is 6.09. The van der Waals surface area contributed by atoms with Crippen LogP contribution in [-0.4, -0.2) is 34.6 Å². The second-order valence-corrected chi connectivity index (χ2v) is 7.13. The van der Waals surface area contributed by atoms with Crippen LogP contribution in [0.4, 0.5) is 5.82 Å². The molecule has 132 valence electrons. The first-order chi connectivity index (χ1) is 13.2. The number of aryl methyl sites for hydroxylation is 1. The standard InChI is InChI=1S/C18H14N8S/c1-25-10-13(9-21-25)12-6-11-7-14(2-3-15(11)20-8-12)27-18-23-22-17-5-4-16(19)24-26(17)18/h2-10H,1H3,(H2,19,24). The van der Waals surface area contributed by atoms with E-state index >= 15 is 0 Å². The molecule has 2 N–H and O–H groups in total. The van der Waals surface area contributed by atoms with E-state index in [0.717, 1.165) is 26.9 Å². The maximum atomic E-state index is 5.78. The predicted octanol–water partition coefficient (Wildman–Crippen LogP) is 2.81. The van der Waals surface area contributed by atoms with Gasteiger partial charge < -0.3 is 5.73 Å². The summed E-state index contributed by atoms with van der Waals surface area (Å²) in [6.07, 6.45) is 5.67. The Labute approximate surface area is 158 Å². The van der Waals surface area contributed by atoms with Crippen molar-refractivity contribution in [1.82, 2.24) is 34.6 Å². The van der Waals surface area contributed by atoms with Crippen LogP contribution in [0.5, 0.6) is 0 Å². The minimum absolute atomic E-state index is 0.424. The highest BCUT2D eigenvalue weighted by atomic mass is 32.2. The van der Waals surface area contributed by atoms with Crippen molar-refractivity contribution < 1.29 is 0 Å². The molecule has 0 unspecified atom stereocenters. The van der Waals surface area contributed by atoms with Gasteiger partial charge in [0.05, 0.1) is 11.7 Å². The smallest absolute Gasteiger partial charge is 0.217 e. The first kappa shape index (κ1) is 15.8. The number of nitrogens with zero attached hydrogens (tertiary/aromatic N) is 7. The lowest BCUT2D eigenvalue weighted by Gasteiger charge is -2.04. The minimum atomic E-state index is 0.424. The Kier molecular flexibility index (Phi) is 3.54. The van der Waals surface area contributed by atoms with Crippen molar-refractivity contribution in [1.29, 1.82) is 0 Å². The van der Waals surface area contributed by atoms with Gasteiger partial charge in [0.25, 0.3) is 0 Å². The fraction of sp³-hybridized carbons (Fsp3) is 0.0556. The van der Waals surface area contributed by atoms with E-state index in [-0.39, 0.29) is 0 Å². The topological polar surface area (TPSA) is 99.8 Å². The van der Waals surface area contributed by atoms with E-state index in [4.69, 9.17) is 5.73 Å². The number of hydrogen-bond donors (Lipinski definition) is 1. The average molecular weight is 374 g/mol. The van der Waals surface area contributed by atoms with Crippen LogP contribution in [0.1, 0.15) is 0 Å². The second kappa shape index (κ2) is 6.06. The molecule has 0 bridgehead atoms. The maximum Gasteiger partial charge on any atom is 0.217 e. The average Bonchev–Trinajstić information content (AvgIpc) is 3.27. The molecule has 0 fully saturated rings. The number of nitrogen functional groups attached to an aromatic ring is 1. The van der Waals surface area contributed by atoms with Crippen molar-refractivity contribution in [2.75, 3.05) is 5.73 Å². The van der Waals surface area contributed by atoms with E-state index in [1.807, 2.05) is 37.8 Å². The molecule has 0 atom stereocenters. The van der Waals surface area contributed by atoms with E-state index in [9.17, 15) is 0 Å². The zero-order valence-corrected chi connectivity index (χ0v) is 15.1. The van der Waals surface area contributed by atoms with Crippen molar-refractivity contribution in [3.63, 3.8) is 0 Å². The predicted molar refractivity (Wildman–Crippen MR) is 103 cm³/mol. The molecule has 8 nitrogen and oxygen atoms in total. The summed E-state index contributed by atoms with van der Waals surface area (Å²) in [7, 11) is 1.90. The number of hydrogen-bond acceptors (Lipinski definition) is 7. The number of aromatic nitrogens is 7. The lowest BCUT2D eigenvalue weighted by molar-refractivity contribution is 0.768. The van der Waals surface area contributed by atoms with Crippen molar-refractivity contribution >= 4 is 34.1 Å². The molecule has 1 aromatic carbocycles. The largest absolute Gasteiger partial charge is 0.382 e. The van der Waals surface area contributed by atoms with Crippen LogP contribution in [0, 0.1) is 0 Å². The van der Waals surface area contributed by atoms with E-state index in [0.29, 0.717) is 16.6 Å². The van der Waals surface area contributed by atoms with Crippen molar-refractivity contribution in [2.24, 2.45) is 7.05 Å². The SMILES string of the molecule is Cn1cc(-c2cnc3ccc(Sc4nnc5ccc(N)nn45)cc3c2)cn1. The number of fused-ring (bicyclic) bond motifs is 2. The molecule has 0 aliphatic rings. The molecule has 4 heterocycles. The summed E-state index contributed by atoms with van der Waals surface area (Å²) in [5.74, 6) is 0.424. The van der Waals surface area contributed by atoms with Crippen LogP contribution in [0.3, 0.4) is 0 Å². The highest BCUT2D eigenvalue weighted by molar-refractivity contribution is 7.99. The van der Waals surface area contributed by atoms with Gasteiger partial charge in [-0.25, -0.2) is 0 Å². The summed E-state index contributed by atoms with van der Waals surface area (Å²) in [6.45, 7) is 0. The van der Waals surface area contributed by atoms with Gasteiger partial charge in [0, 0.05) is 40.8 Å². The summed E-state index contributed by atoms with van der Waals surface area (Å²) in [4.78, 5) is 5.58. The Morgan fingerprint density at radius 3 is 2.78 bits per heavy atom. The molecule has 0 saturated heterocycles. The summed E-state index contributed by atoms with van der Waals surface area (Å²) < 4.78 is 3.43. The summed E-state index contributed by atoms with van der Waals surface area (Å²) in [5.41, 5.74) is 9.44. The van der Waals surface area contributed by atoms with Gasteiger partial charge in [-0.15, -0.1) is 15.3 Å². The van der Waals surface area contributed by atoms with E-state index in [2.05, 4.69) is 37.5 Å². The Balaban J connectivity index is 1.54. The molecule has 0 spiro atoms. The molecule has 0 radical (unpaired) electrons. The first-order valence-corrected chi connectivity index (χ1v) is 9.02. The number of pyridine rings is 1. The van der Waals surface area contributed by atoms with Gasteiger partial charge in [-0.1, -0.05) is 0 Å². The van der Waals surface area contributed by atoms with Crippen LogP contribution >= 0.6 is 11.8 Å². The van der Waals surface area contributed by atoms with Gasteiger partial charge in [-0.2, -0.15) is 9.61 Å². The number of rotatable bonds is 3. The normalized spacial score (nSPS) is 11.4. The molecule has 5 aromatic rings. The molecule has 0 aliphatic carbocycles. The third-order valence-corrected chi connectivity index (χ3v) is 5.08. The summed E-state index contributed by atoms with van der Waals surface area (Å²) in [6, 6.07) is 11.7. The Bertz CT molecular complexity index is 1290. The van der Waals surface area contributed by atoms with Gasteiger partial charge in [0.1, 0.15) is 5.82 Å². The van der Waals surface area contributed by atoms with E-state index in [1.54, 1.807) is 21.3 Å². The lowest BCUT2D eigenvalue weighted by atomic mass is 10.1. The van der Waals surface area contributed by atoms with Gasteiger partial charge in [-0.05, 0) is 48.2 Å². The highest BCUT2D eigenvalue weighted by Crippen LogP contribution is 2.30.